The van der Waals surface area contributed by atoms with E-state index in [9.17, 15) is 4.79 Å². The number of pyridine rings is 2. The van der Waals surface area contributed by atoms with Crippen LogP contribution in [-0.4, -0.2) is 27.6 Å². The van der Waals surface area contributed by atoms with Crippen molar-refractivity contribution < 1.29 is 9.90 Å². The first-order chi connectivity index (χ1) is 9.70. The molecule has 0 saturated carbocycles. The Morgan fingerprint density at radius 3 is 3.05 bits per heavy atom. The minimum atomic E-state index is -0.299. The Morgan fingerprint density at radius 1 is 1.45 bits per heavy atom. The van der Waals surface area contributed by atoms with Crippen molar-refractivity contribution in [3.05, 3.63) is 53.5 Å². The highest BCUT2D eigenvalue weighted by molar-refractivity contribution is 6.04. The summed E-state index contributed by atoms with van der Waals surface area (Å²) in [4.78, 5) is 20.2. The van der Waals surface area contributed by atoms with Gasteiger partial charge in [-0.1, -0.05) is 17.9 Å². The van der Waals surface area contributed by atoms with Crippen LogP contribution in [0.1, 0.15) is 21.5 Å². The van der Waals surface area contributed by atoms with Gasteiger partial charge >= 0.3 is 0 Å². The van der Waals surface area contributed by atoms with E-state index >= 15 is 0 Å². The van der Waals surface area contributed by atoms with E-state index in [1.165, 1.54) is 12.4 Å². The maximum Gasteiger partial charge on any atom is 0.258 e. The van der Waals surface area contributed by atoms with E-state index in [-0.39, 0.29) is 12.5 Å². The summed E-state index contributed by atoms with van der Waals surface area (Å²) < 4.78 is 0. The zero-order valence-electron chi connectivity index (χ0n) is 10.9. The summed E-state index contributed by atoms with van der Waals surface area (Å²) >= 11 is 0. The Hall–Kier alpha value is -2.71. The van der Waals surface area contributed by atoms with Crippen LogP contribution >= 0.6 is 0 Å². The van der Waals surface area contributed by atoms with E-state index in [2.05, 4.69) is 27.1 Å². The lowest BCUT2D eigenvalue weighted by Gasteiger charge is -2.06. The zero-order valence-corrected chi connectivity index (χ0v) is 10.9. The highest BCUT2D eigenvalue weighted by Gasteiger charge is 2.09. The first-order valence-electron chi connectivity index (χ1n) is 5.98. The molecule has 2 rings (SSSR count). The lowest BCUT2D eigenvalue weighted by atomic mass is 10.2. The predicted octanol–water partition coefficient (Wildman–Crippen LogP) is 1.38. The van der Waals surface area contributed by atoms with Gasteiger partial charge in [-0.05, 0) is 24.6 Å². The van der Waals surface area contributed by atoms with Crippen molar-refractivity contribution in [2.24, 2.45) is 0 Å². The first kappa shape index (κ1) is 13.7. The molecule has 0 atom stereocenters. The van der Waals surface area contributed by atoms with Gasteiger partial charge in [0.1, 0.15) is 12.4 Å². The number of aryl methyl sites for hydroxylation is 1. The Morgan fingerprint density at radius 2 is 2.30 bits per heavy atom. The van der Waals surface area contributed by atoms with Gasteiger partial charge in [-0.25, -0.2) is 4.98 Å². The first-order valence-corrected chi connectivity index (χ1v) is 5.98. The van der Waals surface area contributed by atoms with E-state index in [1.54, 1.807) is 18.3 Å². The van der Waals surface area contributed by atoms with Crippen molar-refractivity contribution in [1.82, 2.24) is 9.97 Å². The van der Waals surface area contributed by atoms with Crippen LogP contribution in [0.5, 0.6) is 0 Å². The van der Waals surface area contributed by atoms with Crippen LogP contribution in [-0.2, 0) is 0 Å². The summed E-state index contributed by atoms with van der Waals surface area (Å²) in [5, 5.41) is 11.4. The zero-order chi connectivity index (χ0) is 14.4. The van der Waals surface area contributed by atoms with E-state index in [0.29, 0.717) is 16.9 Å². The van der Waals surface area contributed by atoms with Crippen LogP contribution in [0.3, 0.4) is 0 Å². The smallest absolute Gasteiger partial charge is 0.258 e. The number of nitrogens with one attached hydrogen (secondary N) is 1. The molecule has 0 aromatic carbocycles. The number of aliphatic hydroxyl groups is 1. The molecular formula is C15H13N3O2. The van der Waals surface area contributed by atoms with Gasteiger partial charge in [-0.3, -0.25) is 9.78 Å². The molecule has 0 unspecified atom stereocenters. The molecule has 5 heteroatoms. The van der Waals surface area contributed by atoms with Crippen molar-refractivity contribution >= 4 is 11.7 Å². The summed E-state index contributed by atoms with van der Waals surface area (Å²) in [5.41, 5.74) is 1.84. The lowest BCUT2D eigenvalue weighted by Crippen LogP contribution is -2.14. The Kier molecular flexibility index (Phi) is 4.43. The van der Waals surface area contributed by atoms with Crippen molar-refractivity contribution in [3.63, 3.8) is 0 Å². The number of aliphatic hydroxyl groups excluding tert-OH is 1. The maximum atomic E-state index is 12.1. The molecule has 1 amide bonds. The highest BCUT2D eigenvalue weighted by atomic mass is 16.2. The summed E-state index contributed by atoms with van der Waals surface area (Å²) in [6.45, 7) is 1.63. The molecule has 0 aliphatic heterocycles. The molecule has 0 radical (unpaired) electrons. The van der Waals surface area contributed by atoms with E-state index in [1.807, 2.05) is 13.0 Å². The number of carbonyl (C=O) groups excluding carboxylic acids is 1. The van der Waals surface area contributed by atoms with Crippen molar-refractivity contribution in [2.75, 3.05) is 11.9 Å². The normalized spacial score (nSPS) is 9.50. The summed E-state index contributed by atoms with van der Waals surface area (Å²) in [6.07, 6.45) is 4.60. The third-order valence-electron chi connectivity index (χ3n) is 2.55. The number of aromatic nitrogens is 2. The monoisotopic (exact) mass is 267 g/mol. The van der Waals surface area contributed by atoms with Gasteiger partial charge in [-0.15, -0.1) is 0 Å². The number of hydrogen-bond donors (Lipinski definition) is 2. The minimum absolute atomic E-state index is 0.233. The molecule has 0 saturated heterocycles. The van der Waals surface area contributed by atoms with E-state index in [4.69, 9.17) is 5.11 Å². The van der Waals surface area contributed by atoms with Crippen LogP contribution < -0.4 is 5.32 Å². The van der Waals surface area contributed by atoms with E-state index in [0.717, 1.165) is 5.56 Å². The molecule has 2 aromatic heterocycles. The topological polar surface area (TPSA) is 75.1 Å². The van der Waals surface area contributed by atoms with Gasteiger partial charge in [0.25, 0.3) is 5.91 Å². The van der Waals surface area contributed by atoms with Crippen molar-refractivity contribution in [1.29, 1.82) is 0 Å². The number of rotatable bonds is 2. The van der Waals surface area contributed by atoms with Gasteiger partial charge in [0.15, 0.2) is 0 Å². The standard InChI is InChI=1S/C15H13N3O2/c1-11-4-2-6-17-14(11)18-15(20)13-8-12(5-3-7-19)9-16-10-13/h2,4,6,8-10,19H,7H2,1H3,(H,17,18,20). The molecule has 0 spiro atoms. The number of amides is 1. The number of anilines is 1. The molecule has 5 nitrogen and oxygen atoms in total. The summed E-state index contributed by atoms with van der Waals surface area (Å²) in [5.74, 6) is 5.44. The van der Waals surface area contributed by atoms with Crippen LogP contribution in [0.15, 0.2) is 36.8 Å². The molecule has 2 heterocycles. The Bertz CT molecular complexity index is 687. The molecule has 0 bridgehead atoms. The number of nitrogens with zero attached hydrogens (tertiary/aromatic N) is 2. The maximum absolute atomic E-state index is 12.1. The summed E-state index contributed by atoms with van der Waals surface area (Å²) in [7, 11) is 0. The highest BCUT2D eigenvalue weighted by Crippen LogP contribution is 2.11. The molecular weight excluding hydrogens is 254 g/mol. The Balaban J connectivity index is 2.19. The van der Waals surface area contributed by atoms with Crippen LogP contribution in [0.2, 0.25) is 0 Å². The molecule has 0 aliphatic carbocycles. The third-order valence-corrected chi connectivity index (χ3v) is 2.55. The number of carbonyl (C=O) groups is 1. The van der Waals surface area contributed by atoms with Crippen LogP contribution in [0.4, 0.5) is 5.82 Å². The van der Waals surface area contributed by atoms with Gasteiger partial charge in [0, 0.05) is 24.2 Å². The molecule has 0 aliphatic rings. The van der Waals surface area contributed by atoms with Gasteiger partial charge in [0.05, 0.1) is 5.56 Å². The third kappa shape index (κ3) is 3.40. The van der Waals surface area contributed by atoms with Gasteiger partial charge < -0.3 is 10.4 Å². The fraction of sp³-hybridized carbons (Fsp3) is 0.133. The van der Waals surface area contributed by atoms with Crippen LogP contribution in [0.25, 0.3) is 0 Å². The second-order valence-electron chi connectivity index (χ2n) is 4.05. The second-order valence-corrected chi connectivity index (χ2v) is 4.05. The second kappa shape index (κ2) is 6.45. The minimum Gasteiger partial charge on any atom is -0.384 e. The van der Waals surface area contributed by atoms with Crippen LogP contribution in [0, 0.1) is 18.8 Å². The van der Waals surface area contributed by atoms with E-state index < -0.39 is 0 Å². The lowest BCUT2D eigenvalue weighted by molar-refractivity contribution is 0.102. The predicted molar refractivity (Wildman–Crippen MR) is 75.1 cm³/mol. The average molecular weight is 267 g/mol. The SMILES string of the molecule is Cc1cccnc1NC(=O)c1cncc(C#CCO)c1. The quantitative estimate of drug-likeness (QED) is 0.806. The fourth-order valence-corrected chi connectivity index (χ4v) is 1.57. The molecule has 20 heavy (non-hydrogen) atoms. The largest absolute Gasteiger partial charge is 0.384 e. The van der Waals surface area contributed by atoms with Gasteiger partial charge in [-0.2, -0.15) is 0 Å². The molecule has 0 fully saturated rings. The molecule has 2 aromatic rings. The summed E-state index contributed by atoms with van der Waals surface area (Å²) in [6, 6.07) is 5.28. The van der Waals surface area contributed by atoms with Crippen molar-refractivity contribution in [2.45, 2.75) is 6.92 Å². The van der Waals surface area contributed by atoms with Crippen molar-refractivity contribution in [3.8, 4) is 11.8 Å². The molecule has 2 N–H and O–H groups in total. The fourth-order valence-electron chi connectivity index (χ4n) is 1.57. The molecule has 100 valence electrons. The average Bonchev–Trinajstić information content (AvgIpc) is 2.48. The Labute approximate surface area is 116 Å². The number of hydrogen-bond acceptors (Lipinski definition) is 4. The van der Waals surface area contributed by atoms with Gasteiger partial charge in [0.2, 0.25) is 0 Å².